The van der Waals surface area contributed by atoms with Crippen molar-refractivity contribution in [1.29, 1.82) is 0 Å². The molecule has 1 amide bonds. The maximum Gasteiger partial charge on any atom is 0.269 e. The van der Waals surface area contributed by atoms with Crippen LogP contribution >= 0.6 is 0 Å². The van der Waals surface area contributed by atoms with Crippen LogP contribution in [-0.2, 0) is 11.3 Å². The standard InChI is InChI=1S/C17H25N3O3/c1-3-19(4-2)17(21)15-6-5-11-18(13-15)12-14-7-9-16(10-8-14)20(22)23/h7-10,15H,3-6,11-13H2,1-2H3/p+1/t15-/m0/s1. The number of quaternary nitrogens is 1. The molecule has 6 heteroatoms. The Morgan fingerprint density at radius 2 is 1.96 bits per heavy atom. The van der Waals surface area contributed by atoms with E-state index in [1.807, 2.05) is 30.9 Å². The number of hydrogen-bond donors (Lipinski definition) is 1. The van der Waals surface area contributed by atoms with Gasteiger partial charge < -0.3 is 9.80 Å². The molecule has 0 saturated carbocycles. The SMILES string of the molecule is CCN(CC)C(=O)[C@H]1CCC[NH+](Cc2ccc([N+](=O)[O-])cc2)C1. The van der Waals surface area contributed by atoms with Crippen LogP contribution < -0.4 is 4.90 Å². The molecule has 0 radical (unpaired) electrons. The van der Waals surface area contributed by atoms with Gasteiger partial charge in [-0.2, -0.15) is 0 Å². The Kier molecular flexibility index (Phi) is 6.10. The first-order chi connectivity index (χ1) is 11.0. The third-order valence-electron chi connectivity index (χ3n) is 4.64. The van der Waals surface area contributed by atoms with Crippen LogP contribution in [0.5, 0.6) is 0 Å². The number of nitro benzene ring substituents is 1. The van der Waals surface area contributed by atoms with Crippen molar-refractivity contribution in [3.05, 3.63) is 39.9 Å². The second-order valence-corrected chi connectivity index (χ2v) is 6.15. The molecule has 0 aromatic heterocycles. The summed E-state index contributed by atoms with van der Waals surface area (Å²) < 4.78 is 0. The zero-order chi connectivity index (χ0) is 16.8. The molecule has 1 aliphatic heterocycles. The third kappa shape index (κ3) is 4.51. The molecule has 1 heterocycles. The molecule has 2 rings (SSSR count). The molecule has 0 spiro atoms. The van der Waals surface area contributed by atoms with Crippen molar-refractivity contribution in [2.45, 2.75) is 33.2 Å². The van der Waals surface area contributed by atoms with Crippen molar-refractivity contribution in [1.82, 2.24) is 4.90 Å². The minimum Gasteiger partial charge on any atom is -0.343 e. The monoisotopic (exact) mass is 320 g/mol. The first-order valence-corrected chi connectivity index (χ1v) is 8.40. The minimum absolute atomic E-state index is 0.108. The molecule has 1 N–H and O–H groups in total. The fraction of sp³-hybridized carbons (Fsp3) is 0.588. The Hall–Kier alpha value is -1.95. The number of benzene rings is 1. The van der Waals surface area contributed by atoms with Gasteiger partial charge in [-0.25, -0.2) is 0 Å². The molecule has 0 bridgehead atoms. The molecule has 1 aromatic rings. The number of non-ortho nitro benzene ring substituents is 1. The van der Waals surface area contributed by atoms with E-state index in [1.54, 1.807) is 12.1 Å². The van der Waals surface area contributed by atoms with E-state index in [-0.39, 0.29) is 22.4 Å². The summed E-state index contributed by atoms with van der Waals surface area (Å²) in [5.41, 5.74) is 1.21. The van der Waals surface area contributed by atoms with Gasteiger partial charge in [0.25, 0.3) is 5.69 Å². The average Bonchev–Trinajstić information content (AvgIpc) is 2.56. The van der Waals surface area contributed by atoms with Gasteiger partial charge in [0.2, 0.25) is 5.91 Å². The molecule has 1 aromatic carbocycles. The van der Waals surface area contributed by atoms with Gasteiger partial charge in [0.1, 0.15) is 6.54 Å². The molecule has 1 fully saturated rings. The lowest BCUT2D eigenvalue weighted by atomic mass is 9.96. The summed E-state index contributed by atoms with van der Waals surface area (Å²) in [5, 5.41) is 10.7. The predicted octanol–water partition coefficient (Wildman–Crippen LogP) is 1.26. The number of amides is 1. The normalized spacial score (nSPS) is 21.0. The van der Waals surface area contributed by atoms with Crippen molar-refractivity contribution < 1.29 is 14.6 Å². The number of nitrogens with one attached hydrogen (secondary N) is 1. The van der Waals surface area contributed by atoms with Crippen LogP contribution in [0.1, 0.15) is 32.3 Å². The number of carbonyl (C=O) groups is 1. The first-order valence-electron chi connectivity index (χ1n) is 8.40. The largest absolute Gasteiger partial charge is 0.343 e. The number of nitro groups is 1. The molecule has 2 atom stereocenters. The van der Waals surface area contributed by atoms with Crippen LogP contribution in [0.2, 0.25) is 0 Å². The van der Waals surface area contributed by atoms with Gasteiger partial charge in [-0.3, -0.25) is 14.9 Å². The Balaban J connectivity index is 1.95. The van der Waals surface area contributed by atoms with E-state index in [0.29, 0.717) is 0 Å². The van der Waals surface area contributed by atoms with Crippen LogP contribution in [0.4, 0.5) is 5.69 Å². The molecule has 6 nitrogen and oxygen atoms in total. The van der Waals surface area contributed by atoms with Crippen LogP contribution in [0, 0.1) is 16.0 Å². The first kappa shape index (κ1) is 17.4. The highest BCUT2D eigenvalue weighted by Crippen LogP contribution is 2.14. The summed E-state index contributed by atoms with van der Waals surface area (Å²) in [6, 6.07) is 6.75. The van der Waals surface area contributed by atoms with Gasteiger partial charge in [-0.05, 0) is 38.8 Å². The molecule has 23 heavy (non-hydrogen) atoms. The van der Waals surface area contributed by atoms with E-state index in [1.165, 1.54) is 4.90 Å². The summed E-state index contributed by atoms with van der Waals surface area (Å²) in [4.78, 5) is 26.1. The molecule has 126 valence electrons. The summed E-state index contributed by atoms with van der Waals surface area (Å²) in [6.07, 6.45) is 2.03. The lowest BCUT2D eigenvalue weighted by Crippen LogP contribution is -3.12. The fourth-order valence-electron chi connectivity index (χ4n) is 3.34. The molecule has 1 unspecified atom stereocenters. The zero-order valence-electron chi connectivity index (χ0n) is 14.0. The van der Waals surface area contributed by atoms with Crippen LogP contribution in [0.25, 0.3) is 0 Å². The van der Waals surface area contributed by atoms with Gasteiger partial charge >= 0.3 is 0 Å². The third-order valence-corrected chi connectivity index (χ3v) is 4.64. The van der Waals surface area contributed by atoms with Crippen molar-refractivity contribution in [2.24, 2.45) is 5.92 Å². The summed E-state index contributed by atoms with van der Waals surface area (Å²) >= 11 is 0. The van der Waals surface area contributed by atoms with Crippen molar-refractivity contribution in [3.8, 4) is 0 Å². The molecular weight excluding hydrogens is 294 g/mol. The molecule has 0 aliphatic carbocycles. The number of carbonyl (C=O) groups excluding carboxylic acids is 1. The average molecular weight is 320 g/mol. The van der Waals surface area contributed by atoms with Crippen LogP contribution in [0.3, 0.4) is 0 Å². The highest BCUT2D eigenvalue weighted by molar-refractivity contribution is 5.78. The van der Waals surface area contributed by atoms with Gasteiger partial charge in [-0.15, -0.1) is 0 Å². The second kappa shape index (κ2) is 8.06. The van der Waals surface area contributed by atoms with E-state index in [0.717, 1.165) is 51.1 Å². The van der Waals surface area contributed by atoms with Gasteiger partial charge in [0.15, 0.2) is 0 Å². The number of rotatable bonds is 6. The Morgan fingerprint density at radius 1 is 1.30 bits per heavy atom. The van der Waals surface area contributed by atoms with Crippen molar-refractivity contribution in [3.63, 3.8) is 0 Å². The number of piperidine rings is 1. The Labute approximate surface area is 137 Å². The molecule has 1 aliphatic rings. The van der Waals surface area contributed by atoms with Gasteiger partial charge in [-0.1, -0.05) is 0 Å². The maximum atomic E-state index is 12.5. The van der Waals surface area contributed by atoms with Gasteiger partial charge in [0.05, 0.1) is 23.9 Å². The van der Waals surface area contributed by atoms with E-state index in [9.17, 15) is 14.9 Å². The lowest BCUT2D eigenvalue weighted by Gasteiger charge is -2.32. The maximum absolute atomic E-state index is 12.5. The quantitative estimate of drug-likeness (QED) is 0.634. The van der Waals surface area contributed by atoms with E-state index in [2.05, 4.69) is 0 Å². The summed E-state index contributed by atoms with van der Waals surface area (Å²) in [6.45, 7) is 8.30. The number of likely N-dealkylation sites (tertiary alicyclic amines) is 1. The highest BCUT2D eigenvalue weighted by atomic mass is 16.6. The van der Waals surface area contributed by atoms with Crippen molar-refractivity contribution >= 4 is 11.6 Å². The molecular formula is C17H26N3O3+. The van der Waals surface area contributed by atoms with E-state index < -0.39 is 0 Å². The predicted molar refractivity (Wildman–Crippen MR) is 88.1 cm³/mol. The Bertz CT molecular complexity index is 541. The highest BCUT2D eigenvalue weighted by Gasteiger charge is 2.30. The molecule has 1 saturated heterocycles. The number of hydrogen-bond acceptors (Lipinski definition) is 3. The zero-order valence-corrected chi connectivity index (χ0v) is 14.0. The van der Waals surface area contributed by atoms with Crippen LogP contribution in [0.15, 0.2) is 24.3 Å². The topological polar surface area (TPSA) is 67.9 Å². The minimum atomic E-state index is -0.379. The van der Waals surface area contributed by atoms with Gasteiger partial charge in [0, 0.05) is 30.8 Å². The smallest absolute Gasteiger partial charge is 0.269 e. The summed E-state index contributed by atoms with van der Waals surface area (Å²) in [7, 11) is 0. The lowest BCUT2D eigenvalue weighted by molar-refractivity contribution is -0.921. The van der Waals surface area contributed by atoms with Crippen LogP contribution in [-0.4, -0.2) is 41.9 Å². The van der Waals surface area contributed by atoms with E-state index in [4.69, 9.17) is 0 Å². The van der Waals surface area contributed by atoms with Crippen molar-refractivity contribution in [2.75, 3.05) is 26.2 Å². The fourth-order valence-corrected chi connectivity index (χ4v) is 3.34. The Morgan fingerprint density at radius 3 is 2.52 bits per heavy atom. The second-order valence-electron chi connectivity index (χ2n) is 6.15. The summed E-state index contributed by atoms with van der Waals surface area (Å²) in [5.74, 6) is 0.382. The number of nitrogens with zero attached hydrogens (tertiary/aromatic N) is 2. The van der Waals surface area contributed by atoms with E-state index >= 15 is 0 Å².